The van der Waals surface area contributed by atoms with E-state index < -0.39 is 27.9 Å². The molecule has 1 aromatic carbocycles. The van der Waals surface area contributed by atoms with Crippen LogP contribution in [0.1, 0.15) is 5.56 Å². The number of benzene rings is 1. The molecular formula is C12H14FNO4S2. The number of rotatable bonds is 3. The number of hydrogen-bond donors (Lipinski definition) is 1. The third-order valence-electron chi connectivity index (χ3n) is 3.09. The van der Waals surface area contributed by atoms with Crippen LogP contribution in [0.2, 0.25) is 0 Å². The lowest BCUT2D eigenvalue weighted by molar-refractivity contribution is -0.140. The Labute approximate surface area is 120 Å². The second-order valence-electron chi connectivity index (χ2n) is 4.45. The highest BCUT2D eigenvalue weighted by molar-refractivity contribution is 7.99. The first kappa shape index (κ1) is 15.3. The van der Waals surface area contributed by atoms with Gasteiger partial charge in [-0.3, -0.25) is 4.79 Å². The van der Waals surface area contributed by atoms with E-state index in [2.05, 4.69) is 0 Å². The monoisotopic (exact) mass is 319 g/mol. The quantitative estimate of drug-likeness (QED) is 0.909. The summed E-state index contributed by atoms with van der Waals surface area (Å²) in [6.07, 6.45) is 0. The molecule has 1 N–H and O–H groups in total. The van der Waals surface area contributed by atoms with Crippen LogP contribution in [0.25, 0.3) is 0 Å². The molecule has 0 radical (unpaired) electrons. The summed E-state index contributed by atoms with van der Waals surface area (Å²) in [6, 6.07) is 2.29. The molecule has 0 aromatic heterocycles. The Morgan fingerprint density at radius 2 is 2.20 bits per heavy atom. The fraction of sp³-hybridized carbons (Fsp3) is 0.417. The van der Waals surface area contributed by atoms with E-state index in [4.69, 9.17) is 5.11 Å². The molecule has 1 aromatic rings. The Morgan fingerprint density at radius 3 is 2.80 bits per heavy atom. The molecule has 1 aliphatic rings. The minimum absolute atomic E-state index is 0.0444. The topological polar surface area (TPSA) is 74.7 Å². The van der Waals surface area contributed by atoms with Gasteiger partial charge in [0.05, 0.1) is 4.90 Å². The van der Waals surface area contributed by atoms with E-state index in [-0.39, 0.29) is 22.8 Å². The summed E-state index contributed by atoms with van der Waals surface area (Å²) in [5.41, 5.74) is 0.271. The minimum Gasteiger partial charge on any atom is -0.480 e. The van der Waals surface area contributed by atoms with Gasteiger partial charge in [0.1, 0.15) is 11.9 Å². The van der Waals surface area contributed by atoms with Gasteiger partial charge in [0.25, 0.3) is 0 Å². The molecule has 8 heteroatoms. The first-order valence-electron chi connectivity index (χ1n) is 5.92. The van der Waals surface area contributed by atoms with Crippen LogP contribution in [0.5, 0.6) is 0 Å². The smallest absolute Gasteiger partial charge is 0.322 e. The molecule has 5 nitrogen and oxygen atoms in total. The van der Waals surface area contributed by atoms with Crippen LogP contribution in [-0.4, -0.2) is 47.9 Å². The predicted octanol–water partition coefficient (Wildman–Crippen LogP) is 1.32. The van der Waals surface area contributed by atoms with E-state index in [1.54, 1.807) is 0 Å². The summed E-state index contributed by atoms with van der Waals surface area (Å²) < 4.78 is 39.2. The van der Waals surface area contributed by atoms with Gasteiger partial charge in [0.15, 0.2) is 0 Å². The summed E-state index contributed by atoms with van der Waals surface area (Å²) in [4.78, 5) is 11.2. The minimum atomic E-state index is -3.93. The lowest BCUT2D eigenvalue weighted by Crippen LogP contribution is -2.50. The van der Waals surface area contributed by atoms with E-state index in [0.29, 0.717) is 5.75 Å². The van der Waals surface area contributed by atoms with Crippen molar-refractivity contribution in [2.45, 2.75) is 17.9 Å². The highest BCUT2D eigenvalue weighted by atomic mass is 32.2. The molecule has 1 unspecified atom stereocenters. The highest BCUT2D eigenvalue weighted by Gasteiger charge is 2.38. The Balaban J connectivity index is 2.45. The maximum Gasteiger partial charge on any atom is 0.322 e. The lowest BCUT2D eigenvalue weighted by Gasteiger charge is -2.31. The van der Waals surface area contributed by atoms with Gasteiger partial charge in [-0.15, -0.1) is 0 Å². The predicted molar refractivity (Wildman–Crippen MR) is 73.8 cm³/mol. The average molecular weight is 319 g/mol. The van der Waals surface area contributed by atoms with Gasteiger partial charge < -0.3 is 5.11 Å². The molecule has 110 valence electrons. The third kappa shape index (κ3) is 2.82. The van der Waals surface area contributed by atoms with E-state index >= 15 is 0 Å². The van der Waals surface area contributed by atoms with E-state index in [1.807, 2.05) is 0 Å². The van der Waals surface area contributed by atoms with Gasteiger partial charge in [0.2, 0.25) is 10.0 Å². The Morgan fingerprint density at radius 1 is 1.50 bits per heavy atom. The molecule has 0 saturated carbocycles. The molecule has 0 amide bonds. The Bertz CT molecular complexity index is 632. The fourth-order valence-corrected chi connectivity index (χ4v) is 5.14. The van der Waals surface area contributed by atoms with Gasteiger partial charge in [-0.1, -0.05) is 0 Å². The van der Waals surface area contributed by atoms with Gasteiger partial charge in [-0.05, 0) is 30.7 Å². The number of carboxylic acids is 1. The zero-order valence-corrected chi connectivity index (χ0v) is 12.4. The number of halogens is 1. The van der Waals surface area contributed by atoms with Gasteiger partial charge >= 0.3 is 5.97 Å². The third-order valence-corrected chi connectivity index (χ3v) is 6.18. The van der Waals surface area contributed by atoms with Crippen LogP contribution in [0.3, 0.4) is 0 Å². The number of aryl methyl sites for hydroxylation is 1. The number of carboxylic acid groups (broad SMARTS) is 1. The molecule has 20 heavy (non-hydrogen) atoms. The molecule has 1 heterocycles. The molecule has 0 aliphatic carbocycles. The molecule has 0 spiro atoms. The second kappa shape index (κ2) is 5.71. The molecule has 1 aliphatic heterocycles. The number of carbonyl (C=O) groups is 1. The summed E-state index contributed by atoms with van der Waals surface area (Å²) in [5.74, 6) is -0.927. The van der Waals surface area contributed by atoms with Crippen molar-refractivity contribution in [3.8, 4) is 0 Å². The Kier molecular flexibility index (Phi) is 4.36. The molecule has 2 rings (SSSR count). The molecule has 1 fully saturated rings. The lowest BCUT2D eigenvalue weighted by atomic mass is 10.2. The fourth-order valence-electron chi connectivity index (χ4n) is 2.10. The van der Waals surface area contributed by atoms with E-state index in [1.165, 1.54) is 24.8 Å². The van der Waals surface area contributed by atoms with Crippen LogP contribution in [0.15, 0.2) is 23.1 Å². The summed E-state index contributed by atoms with van der Waals surface area (Å²) in [7, 11) is -3.93. The van der Waals surface area contributed by atoms with Crippen molar-refractivity contribution in [2.24, 2.45) is 0 Å². The summed E-state index contributed by atoms with van der Waals surface area (Å²) in [5, 5.41) is 9.15. The zero-order valence-electron chi connectivity index (χ0n) is 10.7. The average Bonchev–Trinajstić information content (AvgIpc) is 2.38. The molecule has 1 saturated heterocycles. The van der Waals surface area contributed by atoms with Crippen molar-refractivity contribution in [2.75, 3.05) is 18.1 Å². The van der Waals surface area contributed by atoms with E-state index in [9.17, 15) is 17.6 Å². The number of thioether (sulfide) groups is 1. The van der Waals surface area contributed by atoms with Gasteiger partial charge in [0, 0.05) is 18.1 Å². The number of aliphatic carboxylic acids is 1. The zero-order chi connectivity index (χ0) is 14.9. The largest absolute Gasteiger partial charge is 0.480 e. The molecule has 1 atom stereocenters. The standard InChI is InChI=1S/C12H14FNO4S2/c1-8-6-9(13)2-3-11(8)20(17,18)14-4-5-19-7-10(14)12(15)16/h2-3,6,10H,4-5,7H2,1H3,(H,15,16). The van der Waals surface area contributed by atoms with Crippen molar-refractivity contribution < 1.29 is 22.7 Å². The Hall–Kier alpha value is -1.12. The first-order chi connectivity index (χ1) is 9.34. The van der Waals surface area contributed by atoms with Crippen molar-refractivity contribution in [3.63, 3.8) is 0 Å². The van der Waals surface area contributed by atoms with Gasteiger partial charge in [-0.25, -0.2) is 12.8 Å². The SMILES string of the molecule is Cc1cc(F)ccc1S(=O)(=O)N1CCSCC1C(=O)O. The van der Waals surface area contributed by atoms with Crippen molar-refractivity contribution in [1.29, 1.82) is 0 Å². The van der Waals surface area contributed by atoms with Crippen LogP contribution >= 0.6 is 11.8 Å². The maximum atomic E-state index is 13.1. The first-order valence-corrected chi connectivity index (χ1v) is 8.52. The highest BCUT2D eigenvalue weighted by Crippen LogP contribution is 2.27. The number of sulfonamides is 1. The van der Waals surface area contributed by atoms with Crippen LogP contribution in [-0.2, 0) is 14.8 Å². The summed E-state index contributed by atoms with van der Waals surface area (Å²) >= 11 is 1.41. The van der Waals surface area contributed by atoms with Crippen molar-refractivity contribution in [1.82, 2.24) is 4.31 Å². The van der Waals surface area contributed by atoms with Crippen molar-refractivity contribution >= 4 is 27.8 Å². The summed E-state index contributed by atoms with van der Waals surface area (Å²) in [6.45, 7) is 1.63. The van der Waals surface area contributed by atoms with E-state index in [0.717, 1.165) is 16.4 Å². The van der Waals surface area contributed by atoms with Crippen LogP contribution < -0.4 is 0 Å². The van der Waals surface area contributed by atoms with Crippen LogP contribution in [0, 0.1) is 12.7 Å². The molecule has 0 bridgehead atoms. The molecular weight excluding hydrogens is 305 g/mol. The van der Waals surface area contributed by atoms with Gasteiger partial charge in [-0.2, -0.15) is 16.1 Å². The maximum absolute atomic E-state index is 13.1. The number of nitrogens with zero attached hydrogens (tertiary/aromatic N) is 1. The van der Waals surface area contributed by atoms with Crippen molar-refractivity contribution in [3.05, 3.63) is 29.6 Å². The number of hydrogen-bond acceptors (Lipinski definition) is 4. The van der Waals surface area contributed by atoms with Crippen LogP contribution in [0.4, 0.5) is 4.39 Å². The second-order valence-corrected chi connectivity index (χ2v) is 7.46. The normalized spacial score (nSPS) is 20.8.